The minimum Gasteiger partial charge on any atom is -0.489 e. The van der Waals surface area contributed by atoms with Crippen LogP contribution in [0.1, 0.15) is 16.7 Å². The van der Waals surface area contributed by atoms with Gasteiger partial charge in [-0.3, -0.25) is 4.99 Å². The van der Waals surface area contributed by atoms with Crippen molar-refractivity contribution in [3.63, 3.8) is 0 Å². The first-order chi connectivity index (χ1) is 16.7. The molecule has 2 N–H and O–H groups in total. The lowest BCUT2D eigenvalue weighted by atomic mass is 10.0. The van der Waals surface area contributed by atoms with E-state index in [1.807, 2.05) is 60.8 Å². The molecule has 5 nitrogen and oxygen atoms in total. The summed E-state index contributed by atoms with van der Waals surface area (Å²) >= 11 is 0. The summed E-state index contributed by atoms with van der Waals surface area (Å²) in [6, 6.07) is 32.7. The summed E-state index contributed by atoms with van der Waals surface area (Å²) < 4.78 is 6.03. The standard InChI is InChI=1S/C29H23N4O/c30-33-16-15-31-19-27(33)28(24-14-13-22-9-4-5-10-23(22)17-24)32-29(33)25-11-6-12-26(18-25)34-20-21-7-2-1-3-8-21/h1-19H,20,30H2/q+1. The van der Waals surface area contributed by atoms with Crippen molar-refractivity contribution < 1.29 is 9.33 Å². The van der Waals surface area contributed by atoms with Crippen LogP contribution in [0, 0.1) is 0 Å². The lowest BCUT2D eigenvalue weighted by Gasteiger charge is -2.26. The molecule has 1 atom stereocenters. The van der Waals surface area contributed by atoms with Crippen LogP contribution in [0.2, 0.25) is 0 Å². The van der Waals surface area contributed by atoms with E-state index in [-0.39, 0.29) is 4.59 Å². The largest absolute Gasteiger partial charge is 0.489 e. The molecule has 0 aromatic heterocycles. The van der Waals surface area contributed by atoms with E-state index >= 15 is 0 Å². The van der Waals surface area contributed by atoms with Gasteiger partial charge in [-0.15, -0.1) is 4.59 Å². The molecule has 0 fully saturated rings. The van der Waals surface area contributed by atoms with Gasteiger partial charge in [0.1, 0.15) is 24.3 Å². The van der Waals surface area contributed by atoms with Gasteiger partial charge in [0.2, 0.25) is 5.70 Å². The first kappa shape index (κ1) is 20.3. The molecular formula is C29H23N4O+. The predicted molar refractivity (Wildman–Crippen MR) is 137 cm³/mol. The monoisotopic (exact) mass is 443 g/mol. The van der Waals surface area contributed by atoms with Gasteiger partial charge < -0.3 is 4.74 Å². The molecule has 4 aromatic rings. The maximum absolute atomic E-state index is 6.93. The Balaban J connectivity index is 1.38. The molecule has 164 valence electrons. The second-order valence-electron chi connectivity index (χ2n) is 8.39. The number of ether oxygens (including phenoxy) is 1. The number of hydrogen-bond donors (Lipinski definition) is 1. The quantitative estimate of drug-likeness (QED) is 0.313. The number of amidine groups is 1. The zero-order chi connectivity index (χ0) is 23.0. The number of nitrogens with two attached hydrogens (primary N) is 1. The van der Waals surface area contributed by atoms with Gasteiger partial charge in [0.25, 0.3) is 5.84 Å². The van der Waals surface area contributed by atoms with Gasteiger partial charge in [-0.05, 0) is 40.6 Å². The van der Waals surface area contributed by atoms with Crippen molar-refractivity contribution in [2.45, 2.75) is 6.61 Å². The Kier molecular flexibility index (Phi) is 4.91. The summed E-state index contributed by atoms with van der Waals surface area (Å²) in [4.78, 5) is 9.41. The Hall–Kier alpha value is -4.32. The SMILES string of the molecule is N[N+]12C=CN=CC1=C(c1ccc3ccccc3c1)N=C2c1cccc(OCc2ccccc2)c1. The number of nitrogens with zero attached hydrogens (tertiary/aromatic N) is 3. The molecule has 0 amide bonds. The number of quaternary nitrogens is 1. The number of fused-ring (bicyclic) bond motifs is 2. The third-order valence-electron chi connectivity index (χ3n) is 6.16. The minimum atomic E-state index is -0.0339. The van der Waals surface area contributed by atoms with Crippen molar-refractivity contribution in [2.24, 2.45) is 15.8 Å². The molecule has 0 radical (unpaired) electrons. The number of allylic oxidation sites excluding steroid dienone is 1. The van der Waals surface area contributed by atoms with Crippen molar-refractivity contribution in [3.8, 4) is 5.75 Å². The van der Waals surface area contributed by atoms with Crippen LogP contribution < -0.4 is 10.6 Å². The van der Waals surface area contributed by atoms with Crippen LogP contribution in [-0.4, -0.2) is 16.6 Å². The molecule has 2 heterocycles. The number of hydrogen-bond acceptors (Lipinski definition) is 4. The Morgan fingerprint density at radius 3 is 2.47 bits per heavy atom. The van der Waals surface area contributed by atoms with Crippen LogP contribution in [0.5, 0.6) is 5.75 Å². The Morgan fingerprint density at radius 2 is 1.59 bits per heavy atom. The van der Waals surface area contributed by atoms with Gasteiger partial charge >= 0.3 is 0 Å². The van der Waals surface area contributed by atoms with E-state index in [1.165, 1.54) is 5.39 Å². The lowest BCUT2D eigenvalue weighted by Crippen LogP contribution is -2.53. The van der Waals surface area contributed by atoms with Gasteiger partial charge in [-0.1, -0.05) is 72.8 Å². The summed E-state index contributed by atoms with van der Waals surface area (Å²) in [6.07, 6.45) is 5.38. The maximum atomic E-state index is 6.93. The zero-order valence-corrected chi connectivity index (χ0v) is 18.5. The fourth-order valence-corrected chi connectivity index (χ4v) is 4.39. The van der Waals surface area contributed by atoms with E-state index < -0.39 is 0 Å². The van der Waals surface area contributed by atoms with E-state index in [9.17, 15) is 0 Å². The number of aliphatic imine (C=N–C) groups is 2. The smallest absolute Gasteiger partial charge is 0.265 e. The molecule has 4 aromatic carbocycles. The van der Waals surface area contributed by atoms with Gasteiger partial charge in [0.05, 0.1) is 18.0 Å². The summed E-state index contributed by atoms with van der Waals surface area (Å²) in [5, 5.41) is 2.35. The molecule has 1 unspecified atom stereocenters. The predicted octanol–water partition coefficient (Wildman–Crippen LogP) is 5.79. The van der Waals surface area contributed by atoms with Crippen molar-refractivity contribution in [2.75, 3.05) is 0 Å². The highest BCUT2D eigenvalue weighted by Crippen LogP contribution is 2.37. The van der Waals surface area contributed by atoms with E-state index in [0.717, 1.165) is 45.1 Å². The van der Waals surface area contributed by atoms with Gasteiger partial charge in [0.15, 0.2) is 0 Å². The molecular weight excluding hydrogens is 420 g/mol. The molecule has 2 aliphatic rings. The maximum Gasteiger partial charge on any atom is 0.265 e. The van der Waals surface area contributed by atoms with E-state index in [0.29, 0.717) is 6.61 Å². The van der Waals surface area contributed by atoms with Crippen LogP contribution in [0.4, 0.5) is 0 Å². The second kappa shape index (κ2) is 8.23. The first-order valence-corrected chi connectivity index (χ1v) is 11.2. The fourth-order valence-electron chi connectivity index (χ4n) is 4.39. The molecule has 0 saturated carbocycles. The molecule has 0 spiro atoms. The average Bonchev–Trinajstić information content (AvgIpc) is 3.21. The molecule has 0 aliphatic carbocycles. The number of rotatable bonds is 5. The van der Waals surface area contributed by atoms with Crippen molar-refractivity contribution >= 4 is 28.5 Å². The molecule has 34 heavy (non-hydrogen) atoms. The summed E-state index contributed by atoms with van der Waals surface area (Å²) in [5.41, 5.74) is 4.69. The third-order valence-corrected chi connectivity index (χ3v) is 6.16. The van der Waals surface area contributed by atoms with Crippen LogP contribution in [0.15, 0.2) is 125 Å². The summed E-state index contributed by atoms with van der Waals surface area (Å²) in [5.74, 6) is 8.42. The lowest BCUT2D eigenvalue weighted by molar-refractivity contribution is -0.749. The molecule has 2 aliphatic heterocycles. The van der Waals surface area contributed by atoms with E-state index in [1.54, 1.807) is 12.4 Å². The van der Waals surface area contributed by atoms with Gasteiger partial charge in [-0.25, -0.2) is 0 Å². The van der Waals surface area contributed by atoms with Crippen LogP contribution >= 0.6 is 0 Å². The van der Waals surface area contributed by atoms with Gasteiger partial charge in [0, 0.05) is 5.56 Å². The number of benzene rings is 4. The minimum absolute atomic E-state index is 0.0339. The van der Waals surface area contributed by atoms with E-state index in [2.05, 4.69) is 47.5 Å². The van der Waals surface area contributed by atoms with Crippen LogP contribution in [-0.2, 0) is 6.61 Å². The fraction of sp³-hybridized carbons (Fsp3) is 0.0345. The highest BCUT2D eigenvalue weighted by Gasteiger charge is 2.44. The molecule has 0 bridgehead atoms. The summed E-state index contributed by atoms with van der Waals surface area (Å²) in [6.45, 7) is 0.498. The van der Waals surface area contributed by atoms with Crippen molar-refractivity contribution in [1.29, 1.82) is 0 Å². The molecule has 0 saturated heterocycles. The average molecular weight is 444 g/mol. The zero-order valence-electron chi connectivity index (χ0n) is 18.5. The topological polar surface area (TPSA) is 60.0 Å². The second-order valence-corrected chi connectivity index (χ2v) is 8.39. The Morgan fingerprint density at radius 1 is 0.765 bits per heavy atom. The Labute approximate surface area is 198 Å². The third kappa shape index (κ3) is 3.53. The van der Waals surface area contributed by atoms with Crippen LogP contribution in [0.3, 0.4) is 0 Å². The van der Waals surface area contributed by atoms with E-state index in [4.69, 9.17) is 15.6 Å². The first-order valence-electron chi connectivity index (χ1n) is 11.2. The highest BCUT2D eigenvalue weighted by molar-refractivity contribution is 6.07. The molecule has 6 rings (SSSR count). The normalized spacial score (nSPS) is 18.8. The highest BCUT2D eigenvalue weighted by atomic mass is 16.5. The van der Waals surface area contributed by atoms with Crippen molar-refractivity contribution in [1.82, 2.24) is 0 Å². The Bertz CT molecular complexity index is 1520. The molecule has 5 heteroatoms. The van der Waals surface area contributed by atoms with Crippen molar-refractivity contribution in [3.05, 3.63) is 132 Å². The summed E-state index contributed by atoms with van der Waals surface area (Å²) in [7, 11) is 0. The van der Waals surface area contributed by atoms with Gasteiger partial charge in [-0.2, -0.15) is 10.8 Å². The van der Waals surface area contributed by atoms with Crippen LogP contribution in [0.25, 0.3) is 16.5 Å².